The second-order valence-electron chi connectivity index (χ2n) is 4.98. The summed E-state index contributed by atoms with van der Waals surface area (Å²) in [5.74, 6) is 0.340. The Morgan fingerprint density at radius 1 is 1.45 bits per heavy atom. The molecule has 106 valence electrons. The topological polar surface area (TPSA) is 82.7 Å². The third-order valence-corrected chi connectivity index (χ3v) is 4.50. The molecule has 0 spiro atoms. The molecule has 0 bridgehead atoms. The molecule has 2 aromatic rings. The number of aromatic amines is 1. The molecule has 6 nitrogen and oxygen atoms in total. The molecule has 0 atom stereocenters. The number of carbonyl (C=O) groups excluding carboxylic acids is 1. The molecule has 1 amide bonds. The van der Waals surface area contributed by atoms with Gasteiger partial charge in [0.05, 0.1) is 0 Å². The van der Waals surface area contributed by atoms with Gasteiger partial charge in [0.25, 0.3) is 5.91 Å². The maximum absolute atomic E-state index is 12.0. The van der Waals surface area contributed by atoms with E-state index in [1.807, 2.05) is 13.1 Å². The van der Waals surface area contributed by atoms with Gasteiger partial charge in [-0.05, 0) is 44.8 Å². The summed E-state index contributed by atoms with van der Waals surface area (Å²) in [5.41, 5.74) is 1.26. The van der Waals surface area contributed by atoms with Crippen molar-refractivity contribution in [3.8, 4) is 0 Å². The Balaban J connectivity index is 1.66. The van der Waals surface area contributed by atoms with Gasteiger partial charge in [-0.1, -0.05) is 0 Å². The standard InChI is InChI=1S/C13H17N5OS/c1-8-6-10(18-17-8)12(19)16-13-15-7-11(20-13)9-2-4-14-5-3-9/h6-7,9,14H,2-5H2,1H3,(H,17,18)(H,15,16,19). The van der Waals surface area contributed by atoms with Crippen LogP contribution in [0.25, 0.3) is 0 Å². The second-order valence-corrected chi connectivity index (χ2v) is 6.04. The van der Waals surface area contributed by atoms with Crippen LogP contribution in [0.15, 0.2) is 12.3 Å². The van der Waals surface area contributed by atoms with E-state index in [1.165, 1.54) is 4.88 Å². The van der Waals surface area contributed by atoms with Gasteiger partial charge in [-0.15, -0.1) is 11.3 Å². The van der Waals surface area contributed by atoms with Crippen molar-refractivity contribution in [2.24, 2.45) is 0 Å². The minimum atomic E-state index is -0.222. The van der Waals surface area contributed by atoms with Crippen molar-refractivity contribution >= 4 is 22.4 Å². The minimum Gasteiger partial charge on any atom is -0.317 e. The highest BCUT2D eigenvalue weighted by Crippen LogP contribution is 2.31. The number of nitrogens with zero attached hydrogens (tertiary/aromatic N) is 2. The molecule has 1 aliphatic rings. The van der Waals surface area contributed by atoms with Gasteiger partial charge in [-0.3, -0.25) is 15.2 Å². The Kier molecular flexibility index (Phi) is 3.79. The number of rotatable bonds is 3. The molecule has 1 aliphatic heterocycles. The lowest BCUT2D eigenvalue weighted by Gasteiger charge is -2.20. The molecule has 3 rings (SSSR count). The van der Waals surface area contributed by atoms with Gasteiger partial charge in [0, 0.05) is 16.8 Å². The van der Waals surface area contributed by atoms with Crippen LogP contribution in [0, 0.1) is 6.92 Å². The molecule has 0 aliphatic carbocycles. The van der Waals surface area contributed by atoms with E-state index >= 15 is 0 Å². The zero-order valence-corrected chi connectivity index (χ0v) is 12.1. The molecule has 20 heavy (non-hydrogen) atoms. The molecule has 1 fully saturated rings. The second kappa shape index (κ2) is 5.72. The van der Waals surface area contributed by atoms with Crippen molar-refractivity contribution < 1.29 is 4.79 Å². The number of hydrogen-bond acceptors (Lipinski definition) is 5. The van der Waals surface area contributed by atoms with E-state index in [9.17, 15) is 4.79 Å². The van der Waals surface area contributed by atoms with Crippen LogP contribution >= 0.6 is 11.3 Å². The lowest BCUT2D eigenvalue weighted by atomic mass is 9.97. The summed E-state index contributed by atoms with van der Waals surface area (Å²) >= 11 is 1.56. The number of anilines is 1. The van der Waals surface area contributed by atoms with Gasteiger partial charge in [0.2, 0.25) is 0 Å². The van der Waals surface area contributed by atoms with Crippen molar-refractivity contribution in [1.82, 2.24) is 20.5 Å². The van der Waals surface area contributed by atoms with E-state index in [1.54, 1.807) is 17.4 Å². The molecule has 7 heteroatoms. The Hall–Kier alpha value is -1.73. The smallest absolute Gasteiger partial charge is 0.277 e. The molecule has 3 N–H and O–H groups in total. The van der Waals surface area contributed by atoms with E-state index in [2.05, 4.69) is 25.8 Å². The number of nitrogens with one attached hydrogen (secondary N) is 3. The largest absolute Gasteiger partial charge is 0.317 e. The van der Waals surface area contributed by atoms with Crippen molar-refractivity contribution in [2.45, 2.75) is 25.7 Å². The molecule has 0 aromatic carbocycles. The first-order valence-electron chi connectivity index (χ1n) is 6.72. The molecule has 0 radical (unpaired) electrons. The Labute approximate surface area is 121 Å². The molecule has 0 saturated carbocycles. The van der Waals surface area contributed by atoms with Crippen LogP contribution in [0.1, 0.15) is 39.8 Å². The van der Waals surface area contributed by atoms with Crippen LogP contribution in [0.5, 0.6) is 0 Å². The van der Waals surface area contributed by atoms with Crippen LogP contribution in [0.4, 0.5) is 5.13 Å². The van der Waals surface area contributed by atoms with Crippen molar-refractivity contribution in [3.63, 3.8) is 0 Å². The molecular formula is C13H17N5OS. The highest BCUT2D eigenvalue weighted by atomic mass is 32.1. The highest BCUT2D eigenvalue weighted by Gasteiger charge is 2.19. The summed E-state index contributed by atoms with van der Waals surface area (Å²) in [5, 5.41) is 13.5. The van der Waals surface area contributed by atoms with Gasteiger partial charge >= 0.3 is 0 Å². The molecular weight excluding hydrogens is 274 g/mol. The normalized spacial score (nSPS) is 16.2. The fourth-order valence-electron chi connectivity index (χ4n) is 2.34. The predicted molar refractivity (Wildman–Crippen MR) is 78.2 cm³/mol. The first-order valence-corrected chi connectivity index (χ1v) is 7.54. The zero-order valence-electron chi connectivity index (χ0n) is 11.3. The van der Waals surface area contributed by atoms with Crippen LogP contribution in [-0.4, -0.2) is 34.2 Å². The summed E-state index contributed by atoms with van der Waals surface area (Å²) in [4.78, 5) is 17.5. The van der Waals surface area contributed by atoms with E-state index in [4.69, 9.17) is 0 Å². The van der Waals surface area contributed by atoms with Gasteiger partial charge < -0.3 is 5.32 Å². The van der Waals surface area contributed by atoms with E-state index in [0.29, 0.717) is 16.7 Å². The van der Waals surface area contributed by atoms with Crippen LogP contribution in [-0.2, 0) is 0 Å². The van der Waals surface area contributed by atoms with Crippen molar-refractivity contribution in [2.75, 3.05) is 18.4 Å². The summed E-state index contributed by atoms with van der Waals surface area (Å²) < 4.78 is 0. The molecule has 0 unspecified atom stereocenters. The summed E-state index contributed by atoms with van der Waals surface area (Å²) in [6.45, 7) is 3.97. The van der Waals surface area contributed by atoms with Gasteiger partial charge in [0.15, 0.2) is 10.8 Å². The lowest BCUT2D eigenvalue weighted by Crippen LogP contribution is -2.26. The first-order chi connectivity index (χ1) is 9.72. The number of piperidine rings is 1. The first kappa shape index (κ1) is 13.3. The van der Waals surface area contributed by atoms with E-state index < -0.39 is 0 Å². The third-order valence-electron chi connectivity index (χ3n) is 3.42. The third kappa shape index (κ3) is 2.88. The lowest BCUT2D eigenvalue weighted by molar-refractivity contribution is 0.102. The molecule has 1 saturated heterocycles. The van der Waals surface area contributed by atoms with Crippen LogP contribution in [0.2, 0.25) is 0 Å². The minimum absolute atomic E-state index is 0.222. The number of hydrogen-bond donors (Lipinski definition) is 3. The van der Waals surface area contributed by atoms with Crippen LogP contribution < -0.4 is 10.6 Å². The summed E-state index contributed by atoms with van der Waals surface area (Å²) in [6, 6.07) is 1.72. The Morgan fingerprint density at radius 2 is 2.25 bits per heavy atom. The Bertz CT molecular complexity index is 599. The number of amides is 1. The number of aromatic nitrogens is 3. The van der Waals surface area contributed by atoms with Crippen molar-refractivity contribution in [1.29, 1.82) is 0 Å². The van der Waals surface area contributed by atoms with E-state index in [0.717, 1.165) is 31.6 Å². The van der Waals surface area contributed by atoms with Gasteiger partial charge in [-0.25, -0.2) is 4.98 Å². The van der Waals surface area contributed by atoms with Gasteiger partial charge in [-0.2, -0.15) is 5.10 Å². The zero-order chi connectivity index (χ0) is 13.9. The quantitative estimate of drug-likeness (QED) is 0.806. The molecule has 3 heterocycles. The van der Waals surface area contributed by atoms with Crippen LogP contribution in [0.3, 0.4) is 0 Å². The number of H-pyrrole nitrogens is 1. The number of aryl methyl sites for hydroxylation is 1. The van der Waals surface area contributed by atoms with Crippen molar-refractivity contribution in [3.05, 3.63) is 28.5 Å². The maximum Gasteiger partial charge on any atom is 0.277 e. The maximum atomic E-state index is 12.0. The SMILES string of the molecule is Cc1cc(C(=O)Nc2ncc(C3CCNCC3)s2)n[nH]1. The number of thiazole rings is 1. The fraction of sp³-hybridized carbons (Fsp3) is 0.462. The van der Waals surface area contributed by atoms with E-state index in [-0.39, 0.29) is 5.91 Å². The number of carbonyl (C=O) groups is 1. The average molecular weight is 291 g/mol. The average Bonchev–Trinajstić information content (AvgIpc) is 3.09. The van der Waals surface area contributed by atoms with Gasteiger partial charge in [0.1, 0.15) is 0 Å². The fourth-order valence-corrected chi connectivity index (χ4v) is 3.32. The molecule has 2 aromatic heterocycles. The summed E-state index contributed by atoms with van der Waals surface area (Å²) in [6.07, 6.45) is 4.15. The highest BCUT2D eigenvalue weighted by molar-refractivity contribution is 7.15. The predicted octanol–water partition coefficient (Wildman–Crippen LogP) is 1.89. The monoisotopic (exact) mass is 291 g/mol. The Morgan fingerprint density at radius 3 is 2.95 bits per heavy atom. The summed E-state index contributed by atoms with van der Waals surface area (Å²) in [7, 11) is 0.